The van der Waals surface area contributed by atoms with Crippen LogP contribution in [0.15, 0.2) is 18.2 Å². The van der Waals surface area contributed by atoms with Gasteiger partial charge in [0, 0.05) is 17.8 Å². The number of nitrogens with one attached hydrogen (secondary N) is 1. The van der Waals surface area contributed by atoms with Crippen LogP contribution in [0.5, 0.6) is 0 Å². The Balaban J connectivity index is 2.08. The molecule has 1 fully saturated rings. The van der Waals surface area contributed by atoms with Gasteiger partial charge in [-0.25, -0.2) is 0 Å². The van der Waals surface area contributed by atoms with E-state index < -0.39 is 4.92 Å². The Bertz CT molecular complexity index is 476. The third-order valence-corrected chi connectivity index (χ3v) is 4.33. The molecule has 0 spiro atoms. The minimum absolute atomic E-state index is 0.0311. The Labute approximate surface area is 113 Å². The molecule has 1 saturated carbocycles. The largest absolute Gasteiger partial charge is 0.393 e. The van der Waals surface area contributed by atoms with Crippen LogP contribution in [0, 0.1) is 22.0 Å². The first-order chi connectivity index (χ1) is 9.02. The monoisotopic (exact) mass is 263 g/mol. The highest BCUT2D eigenvalue weighted by Gasteiger charge is 2.31. The topological polar surface area (TPSA) is 81.2 Å². The normalized spacial score (nSPS) is 26.3. The summed E-state index contributed by atoms with van der Waals surface area (Å²) in [5, 5.41) is 14.2. The highest BCUT2D eigenvalue weighted by molar-refractivity contribution is 5.66. The molecule has 5 nitrogen and oxygen atoms in total. The lowest BCUT2D eigenvalue weighted by Gasteiger charge is -2.22. The maximum Gasteiger partial charge on any atom is 0.292 e. The second kappa shape index (κ2) is 5.47. The van der Waals surface area contributed by atoms with Crippen LogP contribution in [0.1, 0.15) is 33.1 Å². The van der Waals surface area contributed by atoms with E-state index in [9.17, 15) is 10.1 Å². The van der Waals surface area contributed by atoms with Gasteiger partial charge in [-0.15, -0.1) is 0 Å². The minimum Gasteiger partial charge on any atom is -0.393 e. The summed E-state index contributed by atoms with van der Waals surface area (Å²) in [7, 11) is 0. The molecule has 3 unspecified atom stereocenters. The molecule has 0 heterocycles. The number of nitrogen functional groups attached to an aromatic ring is 1. The van der Waals surface area contributed by atoms with Gasteiger partial charge in [0.25, 0.3) is 5.69 Å². The molecule has 104 valence electrons. The molecular weight excluding hydrogens is 242 g/mol. The van der Waals surface area contributed by atoms with Crippen molar-refractivity contribution in [3.8, 4) is 0 Å². The molecule has 5 heteroatoms. The summed E-state index contributed by atoms with van der Waals surface area (Å²) >= 11 is 0. The van der Waals surface area contributed by atoms with Crippen molar-refractivity contribution in [2.75, 3.05) is 11.1 Å². The average Bonchev–Trinajstić information content (AvgIpc) is 2.70. The summed E-state index contributed by atoms with van der Waals surface area (Å²) in [6.45, 7) is 4.50. The predicted molar refractivity (Wildman–Crippen MR) is 77.1 cm³/mol. The molecule has 0 aliphatic heterocycles. The molecular formula is C14H21N3O2. The van der Waals surface area contributed by atoms with E-state index in [2.05, 4.69) is 19.2 Å². The first-order valence-electron chi connectivity index (χ1n) is 6.83. The predicted octanol–water partition coefficient (Wildman–Crippen LogP) is 3.41. The molecule has 0 radical (unpaired) electrons. The number of hydrogen-bond acceptors (Lipinski definition) is 4. The highest BCUT2D eigenvalue weighted by Crippen LogP contribution is 2.36. The summed E-state index contributed by atoms with van der Waals surface area (Å²) < 4.78 is 0. The minimum atomic E-state index is -0.454. The summed E-state index contributed by atoms with van der Waals surface area (Å²) in [6, 6.07) is 5.30. The van der Waals surface area contributed by atoms with Gasteiger partial charge >= 0.3 is 0 Å². The first-order valence-corrected chi connectivity index (χ1v) is 6.83. The summed E-state index contributed by atoms with van der Waals surface area (Å²) in [5.74, 6) is 1.40. The van der Waals surface area contributed by atoms with Crippen molar-refractivity contribution in [1.82, 2.24) is 0 Å². The molecule has 0 amide bonds. The van der Waals surface area contributed by atoms with Gasteiger partial charge in [-0.05, 0) is 36.8 Å². The molecule has 0 saturated heterocycles. The number of anilines is 2. The van der Waals surface area contributed by atoms with Crippen molar-refractivity contribution in [3.05, 3.63) is 28.3 Å². The van der Waals surface area contributed by atoms with Crippen molar-refractivity contribution in [3.63, 3.8) is 0 Å². The zero-order valence-corrected chi connectivity index (χ0v) is 11.4. The molecule has 1 aliphatic rings. The summed E-state index contributed by atoms with van der Waals surface area (Å²) in [6.07, 6.45) is 3.61. The fourth-order valence-electron chi connectivity index (χ4n) is 3.05. The van der Waals surface area contributed by atoms with Gasteiger partial charge in [0.1, 0.15) is 5.69 Å². The Morgan fingerprint density at radius 3 is 2.74 bits per heavy atom. The summed E-state index contributed by atoms with van der Waals surface area (Å²) in [4.78, 5) is 10.3. The SMILES string of the molecule is CCC1CCC(Nc2ccc([N+](=O)[O-])c(N)c2)C1C. The third-order valence-electron chi connectivity index (χ3n) is 4.33. The van der Waals surface area contributed by atoms with Crippen LogP contribution in [0.3, 0.4) is 0 Å². The number of hydrogen-bond donors (Lipinski definition) is 2. The van der Waals surface area contributed by atoms with Crippen molar-refractivity contribution < 1.29 is 4.92 Å². The molecule has 1 aromatic rings. The second-order valence-electron chi connectivity index (χ2n) is 5.39. The fraction of sp³-hybridized carbons (Fsp3) is 0.571. The molecule has 0 bridgehead atoms. The van der Waals surface area contributed by atoms with Crippen molar-refractivity contribution in [2.45, 2.75) is 39.2 Å². The maximum absolute atomic E-state index is 10.7. The van der Waals surface area contributed by atoms with Crippen LogP contribution >= 0.6 is 0 Å². The van der Waals surface area contributed by atoms with E-state index in [-0.39, 0.29) is 11.4 Å². The molecule has 3 atom stereocenters. The second-order valence-corrected chi connectivity index (χ2v) is 5.39. The third kappa shape index (κ3) is 2.80. The lowest BCUT2D eigenvalue weighted by atomic mass is 9.93. The van der Waals surface area contributed by atoms with E-state index >= 15 is 0 Å². The lowest BCUT2D eigenvalue weighted by Crippen LogP contribution is -2.24. The van der Waals surface area contributed by atoms with E-state index in [1.54, 1.807) is 12.1 Å². The number of nitro benzene ring substituents is 1. The van der Waals surface area contributed by atoms with Crippen LogP contribution in [-0.4, -0.2) is 11.0 Å². The van der Waals surface area contributed by atoms with E-state index in [0.717, 1.165) is 18.0 Å². The van der Waals surface area contributed by atoms with Gasteiger partial charge in [-0.2, -0.15) is 0 Å². The Morgan fingerprint density at radius 1 is 1.47 bits per heavy atom. The quantitative estimate of drug-likeness (QED) is 0.495. The Kier molecular flexibility index (Phi) is 3.93. The molecule has 1 aromatic carbocycles. The molecule has 0 aromatic heterocycles. The van der Waals surface area contributed by atoms with E-state index in [4.69, 9.17) is 5.73 Å². The van der Waals surface area contributed by atoms with Crippen LogP contribution in [0.2, 0.25) is 0 Å². The van der Waals surface area contributed by atoms with Crippen LogP contribution in [0.25, 0.3) is 0 Å². The number of benzene rings is 1. The van der Waals surface area contributed by atoms with Crippen molar-refractivity contribution >= 4 is 17.1 Å². The zero-order valence-electron chi connectivity index (χ0n) is 11.4. The van der Waals surface area contributed by atoms with Gasteiger partial charge in [0.05, 0.1) is 4.92 Å². The first kappa shape index (κ1) is 13.6. The van der Waals surface area contributed by atoms with Crippen LogP contribution in [-0.2, 0) is 0 Å². The number of nitrogens with two attached hydrogens (primary N) is 1. The zero-order chi connectivity index (χ0) is 14.0. The van der Waals surface area contributed by atoms with Gasteiger partial charge in [-0.1, -0.05) is 20.3 Å². The Morgan fingerprint density at radius 2 is 2.21 bits per heavy atom. The molecule has 2 rings (SSSR count). The molecule has 19 heavy (non-hydrogen) atoms. The maximum atomic E-state index is 10.7. The van der Waals surface area contributed by atoms with Crippen molar-refractivity contribution in [2.24, 2.45) is 11.8 Å². The van der Waals surface area contributed by atoms with Gasteiger partial charge in [-0.3, -0.25) is 10.1 Å². The molecule has 3 N–H and O–H groups in total. The molecule has 1 aliphatic carbocycles. The summed E-state index contributed by atoms with van der Waals surface area (Å²) in [5.41, 5.74) is 6.76. The highest BCUT2D eigenvalue weighted by atomic mass is 16.6. The van der Waals surface area contributed by atoms with E-state index in [0.29, 0.717) is 12.0 Å². The van der Waals surface area contributed by atoms with Gasteiger partial charge in [0.15, 0.2) is 0 Å². The van der Waals surface area contributed by atoms with E-state index in [1.807, 2.05) is 0 Å². The van der Waals surface area contributed by atoms with Crippen LogP contribution in [0.4, 0.5) is 17.1 Å². The fourth-order valence-corrected chi connectivity index (χ4v) is 3.05. The lowest BCUT2D eigenvalue weighted by molar-refractivity contribution is -0.383. The van der Waals surface area contributed by atoms with Crippen LogP contribution < -0.4 is 11.1 Å². The smallest absolute Gasteiger partial charge is 0.292 e. The standard InChI is InChI=1S/C14H21N3O2/c1-3-10-4-6-13(9(10)2)16-11-5-7-14(17(18)19)12(15)8-11/h5,7-10,13,16H,3-4,6,15H2,1-2H3. The van der Waals surface area contributed by atoms with Gasteiger partial charge in [0.2, 0.25) is 0 Å². The van der Waals surface area contributed by atoms with Gasteiger partial charge < -0.3 is 11.1 Å². The number of nitrogens with zero attached hydrogens (tertiary/aromatic N) is 1. The van der Waals surface area contributed by atoms with E-state index in [1.165, 1.54) is 18.9 Å². The number of rotatable bonds is 4. The van der Waals surface area contributed by atoms with Crippen molar-refractivity contribution in [1.29, 1.82) is 0 Å². The Hall–Kier alpha value is -1.78. The average molecular weight is 263 g/mol. The number of nitro groups is 1.